The zero-order valence-corrected chi connectivity index (χ0v) is 12.8. The number of aliphatic hydroxyl groups is 1. The Balaban J connectivity index is 1.91. The molecule has 1 aromatic carbocycles. The molecule has 0 bridgehead atoms. The molecule has 4 nitrogen and oxygen atoms in total. The summed E-state index contributed by atoms with van der Waals surface area (Å²) in [5.74, 6) is 0.0705. The molecule has 21 heavy (non-hydrogen) atoms. The van der Waals surface area contributed by atoms with Crippen LogP contribution in [0.2, 0.25) is 0 Å². The summed E-state index contributed by atoms with van der Waals surface area (Å²) in [4.78, 5) is 12.3. The van der Waals surface area contributed by atoms with Gasteiger partial charge in [-0.1, -0.05) is 31.4 Å². The molecular formula is C17H26N2O2. The van der Waals surface area contributed by atoms with E-state index in [-0.39, 0.29) is 18.1 Å². The molecule has 116 valence electrons. The summed E-state index contributed by atoms with van der Waals surface area (Å²) in [6.45, 7) is 0.149. The first-order valence-corrected chi connectivity index (χ1v) is 7.86. The predicted molar refractivity (Wildman–Crippen MR) is 85.4 cm³/mol. The van der Waals surface area contributed by atoms with Gasteiger partial charge in [-0.15, -0.1) is 0 Å². The molecule has 0 saturated heterocycles. The van der Waals surface area contributed by atoms with Crippen molar-refractivity contribution in [1.29, 1.82) is 0 Å². The molecule has 2 rings (SSSR count). The monoisotopic (exact) mass is 290 g/mol. The number of aliphatic hydroxyl groups excluding tert-OH is 1. The van der Waals surface area contributed by atoms with Gasteiger partial charge in [0, 0.05) is 24.3 Å². The van der Waals surface area contributed by atoms with E-state index in [1.54, 1.807) is 0 Å². The molecule has 0 unspecified atom stereocenters. The molecule has 1 saturated carbocycles. The maximum atomic E-state index is 12.3. The van der Waals surface area contributed by atoms with Crippen LogP contribution in [0.1, 0.15) is 44.1 Å². The molecule has 1 fully saturated rings. The Morgan fingerprint density at radius 1 is 1.19 bits per heavy atom. The van der Waals surface area contributed by atoms with Gasteiger partial charge in [-0.2, -0.15) is 0 Å². The second-order valence-corrected chi connectivity index (χ2v) is 5.99. The van der Waals surface area contributed by atoms with Crippen LogP contribution >= 0.6 is 0 Å². The number of benzene rings is 1. The number of hydrogen-bond acceptors (Lipinski definition) is 3. The summed E-state index contributed by atoms with van der Waals surface area (Å²) in [5.41, 5.74) is 1.87. The fraction of sp³-hybridized carbons (Fsp3) is 0.588. The van der Waals surface area contributed by atoms with Crippen LogP contribution in [0.5, 0.6) is 0 Å². The lowest BCUT2D eigenvalue weighted by molar-refractivity contribution is -0.117. The van der Waals surface area contributed by atoms with Crippen molar-refractivity contribution in [1.82, 2.24) is 5.32 Å². The van der Waals surface area contributed by atoms with E-state index in [9.17, 15) is 4.79 Å². The van der Waals surface area contributed by atoms with Crippen LogP contribution in [0.3, 0.4) is 0 Å². The summed E-state index contributed by atoms with van der Waals surface area (Å²) in [6, 6.07) is 7.69. The number of carbonyl (C=O) groups excluding carboxylic acids is 1. The summed E-state index contributed by atoms with van der Waals surface area (Å²) < 4.78 is 0. The van der Waals surface area contributed by atoms with Gasteiger partial charge in [0.1, 0.15) is 0 Å². The number of anilines is 1. The van der Waals surface area contributed by atoms with Gasteiger partial charge in [-0.25, -0.2) is 0 Å². The second kappa shape index (κ2) is 7.57. The minimum atomic E-state index is -0.0286. The van der Waals surface area contributed by atoms with Gasteiger partial charge in [0.25, 0.3) is 0 Å². The van der Waals surface area contributed by atoms with Crippen molar-refractivity contribution in [2.24, 2.45) is 0 Å². The summed E-state index contributed by atoms with van der Waals surface area (Å²) in [6.07, 6.45) is 7.00. The van der Waals surface area contributed by atoms with Crippen molar-refractivity contribution < 1.29 is 9.90 Å². The molecule has 1 aromatic rings. The number of amides is 1. The molecular weight excluding hydrogens is 264 g/mol. The Morgan fingerprint density at radius 3 is 2.43 bits per heavy atom. The summed E-state index contributed by atoms with van der Waals surface area (Å²) in [7, 11) is 1.96. The predicted octanol–water partition coefficient (Wildman–Crippen LogP) is 2.47. The first kappa shape index (κ1) is 16.0. The quantitative estimate of drug-likeness (QED) is 0.754. The zero-order chi connectivity index (χ0) is 15.1. The van der Waals surface area contributed by atoms with Crippen molar-refractivity contribution in [2.75, 3.05) is 19.0 Å². The average molecular weight is 290 g/mol. The van der Waals surface area contributed by atoms with E-state index in [0.29, 0.717) is 12.8 Å². The van der Waals surface area contributed by atoms with Gasteiger partial charge < -0.3 is 15.7 Å². The van der Waals surface area contributed by atoms with Gasteiger partial charge in [0.05, 0.1) is 0 Å². The van der Waals surface area contributed by atoms with E-state index in [2.05, 4.69) is 10.6 Å². The molecule has 0 heterocycles. The Labute approximate surface area is 126 Å². The van der Waals surface area contributed by atoms with Gasteiger partial charge in [0.2, 0.25) is 5.91 Å². The third kappa shape index (κ3) is 4.55. The lowest BCUT2D eigenvalue weighted by atomic mass is 9.79. The molecule has 0 spiro atoms. The number of hydrogen-bond donors (Lipinski definition) is 3. The van der Waals surface area contributed by atoms with Crippen molar-refractivity contribution in [3.05, 3.63) is 29.8 Å². The van der Waals surface area contributed by atoms with Gasteiger partial charge in [-0.3, -0.25) is 4.79 Å². The van der Waals surface area contributed by atoms with Gasteiger partial charge in [0.15, 0.2) is 0 Å². The minimum absolute atomic E-state index is 0.0286. The maximum Gasteiger partial charge on any atom is 0.226 e. The molecule has 4 heteroatoms. The number of nitrogens with one attached hydrogen (secondary N) is 2. The Kier molecular flexibility index (Phi) is 5.76. The lowest BCUT2D eigenvalue weighted by Gasteiger charge is -2.36. The third-order valence-corrected chi connectivity index (χ3v) is 4.48. The zero-order valence-electron chi connectivity index (χ0n) is 12.8. The van der Waals surface area contributed by atoms with E-state index in [1.165, 1.54) is 19.3 Å². The Morgan fingerprint density at radius 2 is 1.86 bits per heavy atom. The molecule has 1 aliphatic carbocycles. The van der Waals surface area contributed by atoms with E-state index < -0.39 is 0 Å². The fourth-order valence-electron chi connectivity index (χ4n) is 3.14. The van der Waals surface area contributed by atoms with Gasteiger partial charge in [-0.05, 0) is 44.0 Å². The van der Waals surface area contributed by atoms with Crippen LogP contribution in [0.25, 0.3) is 0 Å². The van der Waals surface area contributed by atoms with Crippen LogP contribution in [0.15, 0.2) is 24.3 Å². The van der Waals surface area contributed by atoms with Crippen LogP contribution < -0.4 is 10.6 Å². The van der Waals surface area contributed by atoms with Crippen molar-refractivity contribution in [2.45, 2.75) is 50.5 Å². The summed E-state index contributed by atoms with van der Waals surface area (Å²) in [5, 5.41) is 15.2. The van der Waals surface area contributed by atoms with E-state index in [0.717, 1.165) is 24.1 Å². The van der Waals surface area contributed by atoms with Crippen LogP contribution in [-0.2, 0) is 11.2 Å². The second-order valence-electron chi connectivity index (χ2n) is 5.99. The normalized spacial score (nSPS) is 17.4. The lowest BCUT2D eigenvalue weighted by Crippen LogP contribution is -2.47. The largest absolute Gasteiger partial charge is 0.396 e. The molecule has 1 aliphatic rings. The van der Waals surface area contributed by atoms with E-state index in [4.69, 9.17) is 5.11 Å². The highest BCUT2D eigenvalue weighted by atomic mass is 16.2. The molecule has 0 aliphatic heterocycles. The van der Waals surface area contributed by atoms with Crippen molar-refractivity contribution in [3.63, 3.8) is 0 Å². The van der Waals surface area contributed by atoms with Gasteiger partial charge >= 0.3 is 0 Å². The number of rotatable bonds is 6. The average Bonchev–Trinajstić information content (AvgIpc) is 2.50. The highest BCUT2D eigenvalue weighted by Crippen LogP contribution is 2.31. The molecule has 0 aromatic heterocycles. The number of carbonyl (C=O) groups is 1. The van der Waals surface area contributed by atoms with Crippen LogP contribution in [-0.4, -0.2) is 30.2 Å². The maximum absolute atomic E-state index is 12.3. The highest BCUT2D eigenvalue weighted by Gasteiger charge is 2.32. The molecule has 3 N–H and O–H groups in total. The fourth-order valence-corrected chi connectivity index (χ4v) is 3.14. The van der Waals surface area contributed by atoms with Crippen molar-refractivity contribution in [3.8, 4) is 0 Å². The molecule has 0 atom stereocenters. The van der Waals surface area contributed by atoms with E-state index in [1.807, 2.05) is 31.3 Å². The first-order chi connectivity index (χ1) is 10.2. The highest BCUT2D eigenvalue weighted by molar-refractivity contribution is 5.91. The molecule has 1 amide bonds. The van der Waals surface area contributed by atoms with E-state index >= 15 is 0 Å². The first-order valence-electron chi connectivity index (χ1n) is 7.86. The van der Waals surface area contributed by atoms with Crippen molar-refractivity contribution >= 4 is 11.6 Å². The Bertz CT molecular complexity index is 450. The third-order valence-electron chi connectivity index (χ3n) is 4.48. The topological polar surface area (TPSA) is 61.4 Å². The van der Waals surface area contributed by atoms with Crippen LogP contribution in [0, 0.1) is 0 Å². The SMILES string of the molecule is CNC1(CC(=O)Nc2ccc(CCO)cc2)CCCCC1. The smallest absolute Gasteiger partial charge is 0.226 e. The summed E-state index contributed by atoms with van der Waals surface area (Å²) >= 11 is 0. The molecule has 0 radical (unpaired) electrons. The minimum Gasteiger partial charge on any atom is -0.396 e. The van der Waals surface area contributed by atoms with Crippen LogP contribution in [0.4, 0.5) is 5.69 Å². The Hall–Kier alpha value is -1.39. The standard InChI is InChI=1S/C17H26N2O2/c1-18-17(10-3-2-4-11-17)13-16(21)19-15-7-5-14(6-8-15)9-12-20/h5-8,18,20H,2-4,9-13H2,1H3,(H,19,21).